The summed E-state index contributed by atoms with van der Waals surface area (Å²) in [6, 6.07) is 6.07. The fourth-order valence-corrected chi connectivity index (χ4v) is 2.12. The Morgan fingerprint density at radius 3 is 2.88 bits per heavy atom. The lowest BCUT2D eigenvalue weighted by Gasteiger charge is -2.40. The highest BCUT2D eigenvalue weighted by atomic mass is 16.5. The summed E-state index contributed by atoms with van der Waals surface area (Å²) in [5.74, 6) is 0.693. The Morgan fingerprint density at radius 1 is 1.44 bits per heavy atom. The number of aromatic nitrogens is 1. The third kappa shape index (κ3) is 1.27. The van der Waals surface area contributed by atoms with E-state index in [-0.39, 0.29) is 5.41 Å². The Hall–Kier alpha value is -1.39. The number of hydrogen-bond acceptors (Lipinski definition) is 4. The normalized spacial score (nSPS) is 18.6. The van der Waals surface area contributed by atoms with Gasteiger partial charge in [0.1, 0.15) is 5.52 Å². The lowest BCUT2D eigenvalue weighted by atomic mass is 9.79. The summed E-state index contributed by atoms with van der Waals surface area (Å²) in [6.45, 7) is 3.86. The third-order valence-corrected chi connectivity index (χ3v) is 3.25. The van der Waals surface area contributed by atoms with E-state index in [9.17, 15) is 0 Å². The number of nitrogens with two attached hydrogens (primary N) is 1. The molecule has 3 rings (SSSR count). The van der Waals surface area contributed by atoms with Crippen molar-refractivity contribution in [2.24, 2.45) is 5.73 Å². The van der Waals surface area contributed by atoms with Gasteiger partial charge in [-0.05, 0) is 17.7 Å². The van der Waals surface area contributed by atoms with Crippen LogP contribution in [0, 0.1) is 6.92 Å². The van der Waals surface area contributed by atoms with Crippen LogP contribution in [0.25, 0.3) is 11.1 Å². The number of oxazole rings is 1. The zero-order valence-corrected chi connectivity index (χ0v) is 9.19. The first-order valence-corrected chi connectivity index (χ1v) is 5.39. The molecule has 0 atom stereocenters. The largest absolute Gasteiger partial charge is 0.441 e. The smallest absolute Gasteiger partial charge is 0.192 e. The van der Waals surface area contributed by atoms with Crippen molar-refractivity contribution in [3.8, 4) is 0 Å². The molecule has 0 saturated carbocycles. The average Bonchev–Trinajstić information content (AvgIpc) is 2.56. The molecular weight excluding hydrogens is 204 g/mol. The maximum absolute atomic E-state index is 5.83. The summed E-state index contributed by atoms with van der Waals surface area (Å²) in [4.78, 5) is 4.33. The maximum atomic E-state index is 5.83. The van der Waals surface area contributed by atoms with E-state index >= 15 is 0 Å². The number of nitrogens with zero attached hydrogens (tertiary/aromatic N) is 1. The first-order valence-electron chi connectivity index (χ1n) is 5.39. The van der Waals surface area contributed by atoms with E-state index in [0.717, 1.165) is 11.1 Å². The minimum Gasteiger partial charge on any atom is -0.441 e. The van der Waals surface area contributed by atoms with E-state index in [1.807, 2.05) is 13.0 Å². The Balaban J connectivity index is 2.10. The number of aryl methyl sites for hydroxylation is 1. The van der Waals surface area contributed by atoms with Gasteiger partial charge in [0, 0.05) is 13.5 Å². The molecule has 1 fully saturated rings. The predicted octanol–water partition coefficient (Wildman–Crippen LogP) is 1.36. The van der Waals surface area contributed by atoms with Crippen molar-refractivity contribution < 1.29 is 9.15 Å². The first kappa shape index (κ1) is 9.81. The van der Waals surface area contributed by atoms with Gasteiger partial charge in [-0.1, -0.05) is 6.07 Å². The monoisotopic (exact) mass is 218 g/mol. The zero-order valence-electron chi connectivity index (χ0n) is 9.19. The number of hydrogen-bond donors (Lipinski definition) is 1. The molecule has 2 heterocycles. The third-order valence-electron chi connectivity index (χ3n) is 3.25. The highest BCUT2D eigenvalue weighted by Gasteiger charge is 2.39. The Kier molecular flexibility index (Phi) is 2.02. The molecule has 2 N–H and O–H groups in total. The molecule has 84 valence electrons. The van der Waals surface area contributed by atoms with Crippen LogP contribution in [0.4, 0.5) is 0 Å². The lowest BCUT2D eigenvalue weighted by Crippen LogP contribution is -2.52. The number of rotatable bonds is 2. The Bertz CT molecular complexity index is 523. The highest BCUT2D eigenvalue weighted by molar-refractivity contribution is 5.74. The SMILES string of the molecule is Cc1nc2cc(C3(CN)COC3)ccc2o1. The minimum absolute atomic E-state index is 0.0129. The van der Waals surface area contributed by atoms with Crippen molar-refractivity contribution in [1.82, 2.24) is 4.98 Å². The molecule has 1 aromatic carbocycles. The number of ether oxygens (including phenoxy) is 1. The van der Waals surface area contributed by atoms with Gasteiger partial charge in [-0.3, -0.25) is 0 Å². The molecule has 16 heavy (non-hydrogen) atoms. The summed E-state index contributed by atoms with van der Waals surface area (Å²) >= 11 is 0. The van der Waals surface area contributed by atoms with Gasteiger partial charge in [0.15, 0.2) is 11.5 Å². The Morgan fingerprint density at radius 2 is 2.25 bits per heavy atom. The first-order chi connectivity index (χ1) is 7.73. The van der Waals surface area contributed by atoms with Gasteiger partial charge < -0.3 is 14.9 Å². The second-order valence-electron chi connectivity index (χ2n) is 4.39. The molecule has 0 amide bonds. The minimum atomic E-state index is -0.0129. The van der Waals surface area contributed by atoms with Gasteiger partial charge in [-0.2, -0.15) is 0 Å². The quantitative estimate of drug-likeness (QED) is 0.826. The van der Waals surface area contributed by atoms with Crippen LogP contribution in [0.3, 0.4) is 0 Å². The van der Waals surface area contributed by atoms with E-state index in [4.69, 9.17) is 14.9 Å². The Labute approximate surface area is 93.4 Å². The molecule has 1 saturated heterocycles. The van der Waals surface area contributed by atoms with E-state index in [2.05, 4.69) is 17.1 Å². The summed E-state index contributed by atoms with van der Waals surface area (Å²) < 4.78 is 10.7. The van der Waals surface area contributed by atoms with Gasteiger partial charge in [-0.15, -0.1) is 0 Å². The molecule has 0 unspecified atom stereocenters. The molecule has 0 radical (unpaired) electrons. The van der Waals surface area contributed by atoms with E-state index in [0.29, 0.717) is 25.6 Å². The van der Waals surface area contributed by atoms with Crippen LogP contribution in [0.2, 0.25) is 0 Å². The molecule has 1 aliphatic rings. The van der Waals surface area contributed by atoms with Gasteiger partial charge in [0.25, 0.3) is 0 Å². The van der Waals surface area contributed by atoms with Crippen molar-refractivity contribution in [3.63, 3.8) is 0 Å². The van der Waals surface area contributed by atoms with Crippen molar-refractivity contribution in [1.29, 1.82) is 0 Å². The van der Waals surface area contributed by atoms with E-state index in [1.165, 1.54) is 5.56 Å². The summed E-state index contributed by atoms with van der Waals surface area (Å²) in [5.41, 5.74) is 8.74. The fraction of sp³-hybridized carbons (Fsp3) is 0.417. The van der Waals surface area contributed by atoms with Gasteiger partial charge >= 0.3 is 0 Å². The second kappa shape index (κ2) is 3.30. The molecule has 1 aromatic heterocycles. The molecule has 0 spiro atoms. The molecule has 0 bridgehead atoms. The summed E-state index contributed by atoms with van der Waals surface area (Å²) in [5, 5.41) is 0. The number of fused-ring (bicyclic) bond motifs is 1. The zero-order chi connectivity index (χ0) is 11.2. The van der Waals surface area contributed by atoms with Crippen LogP contribution < -0.4 is 5.73 Å². The van der Waals surface area contributed by atoms with Crippen LogP contribution in [0.15, 0.2) is 22.6 Å². The second-order valence-corrected chi connectivity index (χ2v) is 4.39. The molecule has 0 aliphatic carbocycles. The molecule has 4 nitrogen and oxygen atoms in total. The van der Waals surface area contributed by atoms with Gasteiger partial charge in [0.2, 0.25) is 0 Å². The van der Waals surface area contributed by atoms with Gasteiger partial charge in [0.05, 0.1) is 18.6 Å². The average molecular weight is 218 g/mol. The van der Waals surface area contributed by atoms with Crippen LogP contribution in [-0.4, -0.2) is 24.7 Å². The highest BCUT2D eigenvalue weighted by Crippen LogP contribution is 2.33. The summed E-state index contributed by atoms with van der Waals surface area (Å²) in [7, 11) is 0. The van der Waals surface area contributed by atoms with Crippen molar-refractivity contribution in [3.05, 3.63) is 29.7 Å². The van der Waals surface area contributed by atoms with E-state index < -0.39 is 0 Å². The van der Waals surface area contributed by atoms with Crippen LogP contribution in [0.1, 0.15) is 11.5 Å². The lowest BCUT2D eigenvalue weighted by molar-refractivity contribution is -0.0549. The molecule has 2 aromatic rings. The van der Waals surface area contributed by atoms with Crippen LogP contribution >= 0.6 is 0 Å². The maximum Gasteiger partial charge on any atom is 0.192 e. The molecular formula is C12H14N2O2. The number of benzene rings is 1. The topological polar surface area (TPSA) is 61.3 Å². The predicted molar refractivity (Wildman–Crippen MR) is 60.3 cm³/mol. The molecule has 4 heteroatoms. The molecule has 1 aliphatic heterocycles. The fourth-order valence-electron chi connectivity index (χ4n) is 2.12. The van der Waals surface area contributed by atoms with Crippen molar-refractivity contribution in [2.45, 2.75) is 12.3 Å². The van der Waals surface area contributed by atoms with Crippen molar-refractivity contribution in [2.75, 3.05) is 19.8 Å². The van der Waals surface area contributed by atoms with Crippen LogP contribution in [0.5, 0.6) is 0 Å². The van der Waals surface area contributed by atoms with Crippen LogP contribution in [-0.2, 0) is 10.2 Å². The standard InChI is InChI=1S/C12H14N2O2/c1-8-14-10-4-9(2-3-11(10)16-8)12(5-13)6-15-7-12/h2-4H,5-7,13H2,1H3. The summed E-state index contributed by atoms with van der Waals surface area (Å²) in [6.07, 6.45) is 0. The van der Waals surface area contributed by atoms with Gasteiger partial charge in [-0.25, -0.2) is 4.98 Å². The van der Waals surface area contributed by atoms with E-state index in [1.54, 1.807) is 0 Å². The van der Waals surface area contributed by atoms with Crippen molar-refractivity contribution >= 4 is 11.1 Å².